The fourth-order valence-corrected chi connectivity index (χ4v) is 2.42. The average Bonchev–Trinajstić information content (AvgIpc) is 2.61. The molecule has 0 saturated carbocycles. The van der Waals surface area contributed by atoms with E-state index in [0.29, 0.717) is 6.42 Å². The highest BCUT2D eigenvalue weighted by atomic mass is 16.2. The minimum absolute atomic E-state index is 0.0169. The SMILES string of the molecule is CC(C)N1C(=O)CC2(CCCN2)C1=O. The van der Waals surface area contributed by atoms with Crippen molar-refractivity contribution in [2.75, 3.05) is 6.54 Å². The van der Waals surface area contributed by atoms with Gasteiger partial charge in [0.1, 0.15) is 5.54 Å². The molecule has 1 atom stereocenters. The quantitative estimate of drug-likeness (QED) is 0.613. The number of carbonyl (C=O) groups excluding carboxylic acids is 2. The Hall–Kier alpha value is -0.900. The van der Waals surface area contributed by atoms with E-state index in [9.17, 15) is 9.59 Å². The summed E-state index contributed by atoms with van der Waals surface area (Å²) in [6.45, 7) is 4.61. The standard InChI is InChI=1S/C10H16N2O2/c1-7(2)12-8(13)6-10(9(12)14)4-3-5-11-10/h7,11H,3-6H2,1-2H3. The molecule has 2 aliphatic heterocycles. The molecule has 1 spiro atoms. The predicted octanol–water partition coefficient (Wildman–Crippen LogP) is 0.276. The molecule has 0 bridgehead atoms. The van der Waals surface area contributed by atoms with Crippen LogP contribution in [0, 0.1) is 0 Å². The molecular formula is C10H16N2O2. The van der Waals surface area contributed by atoms with Crippen LogP contribution in [0.5, 0.6) is 0 Å². The maximum atomic E-state index is 12.0. The Balaban J connectivity index is 2.26. The Morgan fingerprint density at radius 3 is 2.57 bits per heavy atom. The Kier molecular flexibility index (Phi) is 2.10. The van der Waals surface area contributed by atoms with Gasteiger partial charge in [0.25, 0.3) is 0 Å². The van der Waals surface area contributed by atoms with E-state index in [-0.39, 0.29) is 17.9 Å². The van der Waals surface area contributed by atoms with Crippen molar-refractivity contribution in [3.63, 3.8) is 0 Å². The van der Waals surface area contributed by atoms with Crippen molar-refractivity contribution in [1.29, 1.82) is 0 Å². The van der Waals surface area contributed by atoms with E-state index < -0.39 is 5.54 Å². The number of imide groups is 1. The lowest BCUT2D eigenvalue weighted by molar-refractivity contribution is -0.141. The number of nitrogens with zero attached hydrogens (tertiary/aromatic N) is 1. The average molecular weight is 196 g/mol. The lowest BCUT2D eigenvalue weighted by Gasteiger charge is -2.23. The van der Waals surface area contributed by atoms with Crippen LogP contribution in [0.1, 0.15) is 33.1 Å². The van der Waals surface area contributed by atoms with E-state index in [1.54, 1.807) is 0 Å². The molecule has 0 aromatic rings. The Morgan fingerprint density at radius 2 is 2.14 bits per heavy atom. The minimum atomic E-state index is -0.540. The van der Waals surface area contributed by atoms with Crippen LogP contribution in [0.4, 0.5) is 0 Å². The molecule has 2 rings (SSSR count). The van der Waals surface area contributed by atoms with Crippen LogP contribution in [0.15, 0.2) is 0 Å². The highest BCUT2D eigenvalue weighted by Gasteiger charge is 2.53. The second-order valence-electron chi connectivity index (χ2n) is 4.45. The van der Waals surface area contributed by atoms with Crippen molar-refractivity contribution in [2.24, 2.45) is 0 Å². The van der Waals surface area contributed by atoms with E-state index >= 15 is 0 Å². The Bertz CT molecular complexity index is 280. The van der Waals surface area contributed by atoms with Gasteiger partial charge in [0, 0.05) is 6.04 Å². The lowest BCUT2D eigenvalue weighted by Crippen LogP contribution is -2.49. The van der Waals surface area contributed by atoms with Gasteiger partial charge in [-0.15, -0.1) is 0 Å². The van der Waals surface area contributed by atoms with Crippen LogP contribution in [-0.4, -0.2) is 34.8 Å². The maximum Gasteiger partial charge on any atom is 0.250 e. The number of hydrogen-bond donors (Lipinski definition) is 1. The van der Waals surface area contributed by atoms with Gasteiger partial charge in [-0.25, -0.2) is 0 Å². The van der Waals surface area contributed by atoms with Crippen molar-refractivity contribution in [3.05, 3.63) is 0 Å². The van der Waals surface area contributed by atoms with Crippen LogP contribution >= 0.6 is 0 Å². The van der Waals surface area contributed by atoms with Crippen LogP contribution in [0.25, 0.3) is 0 Å². The molecule has 1 unspecified atom stereocenters. The summed E-state index contributed by atoms with van der Waals surface area (Å²) in [5.74, 6) is -0.0469. The summed E-state index contributed by atoms with van der Waals surface area (Å²) >= 11 is 0. The highest BCUT2D eigenvalue weighted by Crippen LogP contribution is 2.33. The van der Waals surface area contributed by atoms with Gasteiger partial charge >= 0.3 is 0 Å². The van der Waals surface area contributed by atoms with E-state index in [1.165, 1.54) is 4.90 Å². The topological polar surface area (TPSA) is 49.4 Å². The Morgan fingerprint density at radius 1 is 1.43 bits per heavy atom. The van der Waals surface area contributed by atoms with E-state index in [1.807, 2.05) is 13.8 Å². The molecule has 2 fully saturated rings. The third-order valence-electron chi connectivity index (χ3n) is 3.11. The number of amides is 2. The first-order valence-corrected chi connectivity index (χ1v) is 5.18. The van der Waals surface area contributed by atoms with Crippen molar-refractivity contribution in [1.82, 2.24) is 10.2 Å². The number of hydrogen-bond acceptors (Lipinski definition) is 3. The maximum absolute atomic E-state index is 12.0. The summed E-state index contributed by atoms with van der Waals surface area (Å²) in [5, 5.41) is 3.18. The molecule has 1 N–H and O–H groups in total. The highest BCUT2D eigenvalue weighted by molar-refractivity contribution is 6.08. The molecule has 0 aromatic heterocycles. The molecule has 2 amide bonds. The van der Waals surface area contributed by atoms with Crippen LogP contribution in [0.2, 0.25) is 0 Å². The fraction of sp³-hybridized carbons (Fsp3) is 0.800. The molecule has 2 aliphatic rings. The normalized spacial score (nSPS) is 32.6. The number of rotatable bonds is 1. The van der Waals surface area contributed by atoms with E-state index in [2.05, 4.69) is 5.32 Å². The zero-order chi connectivity index (χ0) is 10.3. The van der Waals surface area contributed by atoms with Gasteiger partial charge in [-0.05, 0) is 33.2 Å². The zero-order valence-electron chi connectivity index (χ0n) is 8.67. The second-order valence-corrected chi connectivity index (χ2v) is 4.45. The monoisotopic (exact) mass is 196 g/mol. The molecule has 14 heavy (non-hydrogen) atoms. The van der Waals surface area contributed by atoms with E-state index in [4.69, 9.17) is 0 Å². The molecule has 0 radical (unpaired) electrons. The smallest absolute Gasteiger partial charge is 0.250 e. The van der Waals surface area contributed by atoms with Crippen molar-refractivity contribution >= 4 is 11.8 Å². The number of likely N-dealkylation sites (tertiary alicyclic amines) is 1. The molecule has 2 heterocycles. The number of nitrogens with one attached hydrogen (secondary N) is 1. The van der Waals surface area contributed by atoms with Gasteiger partial charge in [-0.3, -0.25) is 14.5 Å². The first-order valence-electron chi connectivity index (χ1n) is 5.18. The summed E-state index contributed by atoms with van der Waals surface area (Å²) in [6.07, 6.45) is 2.15. The first-order chi connectivity index (χ1) is 6.57. The third-order valence-corrected chi connectivity index (χ3v) is 3.11. The van der Waals surface area contributed by atoms with Crippen LogP contribution in [-0.2, 0) is 9.59 Å². The largest absolute Gasteiger partial charge is 0.303 e. The van der Waals surface area contributed by atoms with Gasteiger partial charge in [-0.2, -0.15) is 0 Å². The zero-order valence-corrected chi connectivity index (χ0v) is 8.67. The molecule has 2 saturated heterocycles. The molecule has 78 valence electrons. The van der Waals surface area contributed by atoms with Crippen LogP contribution < -0.4 is 5.32 Å². The van der Waals surface area contributed by atoms with Gasteiger partial charge in [0.05, 0.1) is 6.42 Å². The molecule has 0 aliphatic carbocycles. The second kappa shape index (κ2) is 3.05. The summed E-state index contributed by atoms with van der Waals surface area (Å²) in [4.78, 5) is 25.1. The first kappa shape index (κ1) is 9.65. The summed E-state index contributed by atoms with van der Waals surface area (Å²) < 4.78 is 0. The minimum Gasteiger partial charge on any atom is -0.303 e. The predicted molar refractivity (Wildman–Crippen MR) is 51.6 cm³/mol. The van der Waals surface area contributed by atoms with E-state index in [0.717, 1.165) is 19.4 Å². The van der Waals surface area contributed by atoms with Crippen LogP contribution in [0.3, 0.4) is 0 Å². The van der Waals surface area contributed by atoms with Gasteiger partial charge in [0.15, 0.2) is 0 Å². The van der Waals surface area contributed by atoms with Gasteiger partial charge in [0.2, 0.25) is 11.8 Å². The van der Waals surface area contributed by atoms with Crippen molar-refractivity contribution in [2.45, 2.75) is 44.7 Å². The molecule has 4 heteroatoms. The van der Waals surface area contributed by atoms with Crippen molar-refractivity contribution < 1.29 is 9.59 Å². The Labute approximate surface area is 83.6 Å². The van der Waals surface area contributed by atoms with Crippen molar-refractivity contribution in [3.8, 4) is 0 Å². The molecular weight excluding hydrogens is 180 g/mol. The van der Waals surface area contributed by atoms with Gasteiger partial charge < -0.3 is 5.32 Å². The molecule has 4 nitrogen and oxygen atoms in total. The summed E-state index contributed by atoms with van der Waals surface area (Å²) in [7, 11) is 0. The fourth-order valence-electron chi connectivity index (χ4n) is 2.42. The summed E-state index contributed by atoms with van der Waals surface area (Å²) in [5.41, 5.74) is -0.540. The lowest BCUT2D eigenvalue weighted by atomic mass is 9.96. The van der Waals surface area contributed by atoms with Gasteiger partial charge in [-0.1, -0.05) is 0 Å². The third kappa shape index (κ3) is 1.17. The summed E-state index contributed by atoms with van der Waals surface area (Å²) in [6, 6.07) is -0.0169. The molecule has 0 aromatic carbocycles. The number of carbonyl (C=O) groups is 2.